The third kappa shape index (κ3) is 3.90. The Morgan fingerprint density at radius 1 is 1.29 bits per heavy atom. The van der Waals surface area contributed by atoms with E-state index in [4.69, 9.17) is 11.6 Å². The van der Waals surface area contributed by atoms with E-state index in [0.717, 1.165) is 18.1 Å². The van der Waals surface area contributed by atoms with Crippen LogP contribution in [-0.4, -0.2) is 16.9 Å². The number of rotatable bonds is 4. The van der Waals surface area contributed by atoms with Gasteiger partial charge in [0.2, 0.25) is 0 Å². The molecule has 0 aliphatic carbocycles. The zero-order chi connectivity index (χ0) is 14.5. The van der Waals surface area contributed by atoms with Crippen molar-refractivity contribution < 1.29 is 0 Å². The van der Waals surface area contributed by atoms with Crippen LogP contribution in [0.15, 0.2) is 48.8 Å². The molecule has 1 N–H and O–H groups in total. The Morgan fingerprint density at radius 2 is 2.14 bits per heavy atom. The molecule has 110 valence electrons. The van der Waals surface area contributed by atoms with Gasteiger partial charge < -0.3 is 4.90 Å². The summed E-state index contributed by atoms with van der Waals surface area (Å²) in [5.41, 5.74) is 2.42. The minimum atomic E-state index is 0.431. The van der Waals surface area contributed by atoms with Crippen LogP contribution in [-0.2, 0) is 6.54 Å². The van der Waals surface area contributed by atoms with Crippen molar-refractivity contribution >= 4 is 29.2 Å². The fraction of sp³-hybridized carbons (Fsp3) is 0.312. The van der Waals surface area contributed by atoms with Gasteiger partial charge in [-0.05, 0) is 48.7 Å². The number of pyridine rings is 1. The van der Waals surface area contributed by atoms with Crippen molar-refractivity contribution in [1.29, 1.82) is 0 Å². The van der Waals surface area contributed by atoms with Crippen LogP contribution in [0.5, 0.6) is 0 Å². The molecule has 1 aliphatic rings. The van der Waals surface area contributed by atoms with E-state index in [1.807, 2.05) is 42.5 Å². The Bertz CT molecular complexity index is 555. The van der Waals surface area contributed by atoms with Gasteiger partial charge in [0.1, 0.15) is 0 Å². The van der Waals surface area contributed by atoms with Gasteiger partial charge in [-0.2, -0.15) is 0 Å². The van der Waals surface area contributed by atoms with Crippen LogP contribution in [0.25, 0.3) is 0 Å². The van der Waals surface area contributed by atoms with Crippen LogP contribution in [0.4, 0.5) is 5.69 Å². The molecule has 5 heteroatoms. The van der Waals surface area contributed by atoms with E-state index in [-0.39, 0.29) is 0 Å². The summed E-state index contributed by atoms with van der Waals surface area (Å²) in [6.07, 6.45) is 6.13. The van der Waals surface area contributed by atoms with Gasteiger partial charge in [-0.25, -0.2) is 0 Å². The maximum atomic E-state index is 6.02. The summed E-state index contributed by atoms with van der Waals surface area (Å²) >= 11 is 7.83. The number of hydrogen-bond acceptors (Lipinski definition) is 4. The lowest BCUT2D eigenvalue weighted by atomic mass is 10.2. The van der Waals surface area contributed by atoms with Crippen LogP contribution in [0, 0.1) is 0 Å². The number of nitrogens with zero attached hydrogens (tertiary/aromatic N) is 2. The lowest BCUT2D eigenvalue weighted by Crippen LogP contribution is -2.37. The summed E-state index contributed by atoms with van der Waals surface area (Å²) in [5.74, 6) is 0. The Morgan fingerprint density at radius 3 is 2.81 bits per heavy atom. The van der Waals surface area contributed by atoms with Crippen LogP contribution >= 0.6 is 23.5 Å². The molecular weight excluding hydrogens is 302 g/mol. The molecule has 21 heavy (non-hydrogen) atoms. The second-order valence-electron chi connectivity index (χ2n) is 5.07. The quantitative estimate of drug-likeness (QED) is 0.859. The topological polar surface area (TPSA) is 28.2 Å². The second kappa shape index (κ2) is 7.16. The Hall–Kier alpha value is -1.23. The van der Waals surface area contributed by atoms with Crippen molar-refractivity contribution in [3.05, 3.63) is 59.4 Å². The number of nitrogens with one attached hydrogen (secondary N) is 1. The molecule has 0 spiro atoms. The zero-order valence-electron chi connectivity index (χ0n) is 11.7. The Balaban J connectivity index is 1.84. The Kier molecular flexibility index (Phi) is 5.01. The van der Waals surface area contributed by atoms with Crippen LogP contribution < -0.4 is 9.62 Å². The van der Waals surface area contributed by atoms with Gasteiger partial charge in [0.25, 0.3) is 0 Å². The molecule has 3 nitrogen and oxygen atoms in total. The number of benzene rings is 1. The highest BCUT2D eigenvalue weighted by Gasteiger charge is 2.22. The summed E-state index contributed by atoms with van der Waals surface area (Å²) in [4.78, 5) is 6.64. The van der Waals surface area contributed by atoms with E-state index in [2.05, 4.69) is 32.8 Å². The fourth-order valence-corrected chi connectivity index (χ4v) is 3.65. The number of hydrogen-bond donors (Lipinski definition) is 1. The molecule has 3 rings (SSSR count). The smallest absolute Gasteiger partial charge is 0.0897 e. The highest BCUT2D eigenvalue weighted by molar-refractivity contribution is 7.98. The molecule has 1 atom stereocenters. The lowest BCUT2D eigenvalue weighted by Gasteiger charge is -2.35. The predicted molar refractivity (Wildman–Crippen MR) is 90.5 cm³/mol. The van der Waals surface area contributed by atoms with Crippen molar-refractivity contribution in [1.82, 2.24) is 9.71 Å². The Labute approximate surface area is 134 Å². The summed E-state index contributed by atoms with van der Waals surface area (Å²) in [7, 11) is 0. The third-order valence-corrected chi connectivity index (χ3v) is 4.92. The first-order valence-corrected chi connectivity index (χ1v) is 8.38. The highest BCUT2D eigenvalue weighted by Crippen LogP contribution is 2.30. The predicted octanol–water partition coefficient (Wildman–Crippen LogP) is 4.10. The van der Waals surface area contributed by atoms with E-state index in [1.54, 1.807) is 0 Å². The van der Waals surface area contributed by atoms with Crippen molar-refractivity contribution in [3.8, 4) is 0 Å². The second-order valence-corrected chi connectivity index (χ2v) is 6.58. The van der Waals surface area contributed by atoms with E-state index in [9.17, 15) is 0 Å². The largest absolute Gasteiger partial charge is 0.354 e. The SMILES string of the molecule is Clc1ccc(N(Cc2cccnc2)C2CCCNS2)cc1. The zero-order valence-corrected chi connectivity index (χ0v) is 13.3. The summed E-state index contributed by atoms with van der Waals surface area (Å²) < 4.78 is 3.42. The maximum Gasteiger partial charge on any atom is 0.0897 e. The third-order valence-electron chi connectivity index (χ3n) is 3.53. The molecule has 0 saturated carbocycles. The number of halogens is 1. The molecule has 1 saturated heterocycles. The summed E-state index contributed by atoms with van der Waals surface area (Å²) in [5, 5.41) is 1.20. The average Bonchev–Trinajstić information content (AvgIpc) is 2.55. The van der Waals surface area contributed by atoms with Gasteiger partial charge in [0.15, 0.2) is 0 Å². The molecule has 1 fully saturated rings. The first-order chi connectivity index (χ1) is 10.3. The maximum absolute atomic E-state index is 6.02. The minimum absolute atomic E-state index is 0.431. The molecule has 1 aromatic heterocycles. The highest BCUT2D eigenvalue weighted by atomic mass is 35.5. The number of aromatic nitrogens is 1. The van der Waals surface area contributed by atoms with Gasteiger partial charge in [-0.15, -0.1) is 0 Å². The summed E-state index contributed by atoms with van der Waals surface area (Å²) in [6, 6.07) is 12.2. The molecule has 2 aromatic rings. The lowest BCUT2D eigenvalue weighted by molar-refractivity contribution is 0.619. The molecule has 0 radical (unpaired) electrons. The van der Waals surface area contributed by atoms with E-state index in [0.29, 0.717) is 5.37 Å². The number of anilines is 1. The molecule has 1 unspecified atom stereocenters. The van der Waals surface area contributed by atoms with E-state index < -0.39 is 0 Å². The molecule has 0 bridgehead atoms. The van der Waals surface area contributed by atoms with Gasteiger partial charge in [0.05, 0.1) is 5.37 Å². The van der Waals surface area contributed by atoms with Gasteiger partial charge in [0, 0.05) is 36.2 Å². The first-order valence-electron chi connectivity index (χ1n) is 7.12. The van der Waals surface area contributed by atoms with E-state index >= 15 is 0 Å². The average molecular weight is 320 g/mol. The molecule has 1 aromatic carbocycles. The molecule has 1 aliphatic heterocycles. The normalized spacial score (nSPS) is 18.4. The molecule has 0 amide bonds. The van der Waals surface area contributed by atoms with Crippen LogP contribution in [0.2, 0.25) is 5.02 Å². The van der Waals surface area contributed by atoms with Gasteiger partial charge in [-0.1, -0.05) is 29.6 Å². The van der Waals surface area contributed by atoms with Crippen molar-refractivity contribution in [2.75, 3.05) is 11.4 Å². The van der Waals surface area contributed by atoms with Crippen molar-refractivity contribution in [3.63, 3.8) is 0 Å². The minimum Gasteiger partial charge on any atom is -0.354 e. The molecule has 2 heterocycles. The van der Waals surface area contributed by atoms with Crippen LogP contribution in [0.3, 0.4) is 0 Å². The van der Waals surface area contributed by atoms with Gasteiger partial charge >= 0.3 is 0 Å². The van der Waals surface area contributed by atoms with Crippen molar-refractivity contribution in [2.24, 2.45) is 0 Å². The monoisotopic (exact) mass is 319 g/mol. The van der Waals surface area contributed by atoms with E-state index in [1.165, 1.54) is 24.1 Å². The van der Waals surface area contributed by atoms with Gasteiger partial charge in [-0.3, -0.25) is 9.71 Å². The molecular formula is C16H18ClN3S. The standard InChI is InChI=1S/C16H18ClN3S/c17-14-5-7-15(8-6-14)20(16-4-2-10-19-21-16)12-13-3-1-9-18-11-13/h1,3,5-9,11,16,19H,2,4,10,12H2. The summed E-state index contributed by atoms with van der Waals surface area (Å²) in [6.45, 7) is 1.94. The van der Waals surface area contributed by atoms with Crippen LogP contribution in [0.1, 0.15) is 18.4 Å². The van der Waals surface area contributed by atoms with Crippen molar-refractivity contribution in [2.45, 2.75) is 24.8 Å². The first kappa shape index (κ1) is 14.7. The fourth-order valence-electron chi connectivity index (χ4n) is 2.46.